The van der Waals surface area contributed by atoms with Crippen LogP contribution in [0.2, 0.25) is 0 Å². The van der Waals surface area contributed by atoms with E-state index in [0.717, 1.165) is 0 Å². The summed E-state index contributed by atoms with van der Waals surface area (Å²) in [6, 6.07) is -2.79. The molecule has 46 heavy (non-hydrogen) atoms. The molecule has 0 aromatic carbocycles. The van der Waals surface area contributed by atoms with Crippen LogP contribution in [0.5, 0.6) is 0 Å². The molecule has 1 aliphatic rings. The lowest BCUT2D eigenvalue weighted by molar-refractivity contribution is -0.146. The molecule has 0 bridgehead atoms. The number of anilines is 1. The van der Waals surface area contributed by atoms with Crippen LogP contribution < -0.4 is 15.9 Å². The van der Waals surface area contributed by atoms with Crippen molar-refractivity contribution >= 4 is 48.5 Å². The molecule has 3 heterocycles. The van der Waals surface area contributed by atoms with Gasteiger partial charge in [-0.15, -0.1) is 11.8 Å². The summed E-state index contributed by atoms with van der Waals surface area (Å²) in [6.45, 7) is 13.3. The Morgan fingerprint density at radius 2 is 1.63 bits per heavy atom. The summed E-state index contributed by atoms with van der Waals surface area (Å²) in [7, 11) is -4.28. The quantitative estimate of drug-likeness (QED) is 0.0736. The molecule has 1 saturated heterocycles. The second-order valence-electron chi connectivity index (χ2n) is 11.9. The van der Waals surface area contributed by atoms with Crippen molar-refractivity contribution in [1.82, 2.24) is 29.7 Å². The summed E-state index contributed by atoms with van der Waals surface area (Å²) < 4.78 is 38.6. The van der Waals surface area contributed by atoms with Crippen LogP contribution in [0.25, 0.3) is 11.2 Å². The molecule has 260 valence electrons. The fourth-order valence-electron chi connectivity index (χ4n) is 5.16. The van der Waals surface area contributed by atoms with Gasteiger partial charge in [-0.05, 0) is 45.8 Å². The smallest absolute Gasteiger partial charge is 0.342 e. The molecule has 0 aliphatic carbocycles. The van der Waals surface area contributed by atoms with E-state index >= 15 is 0 Å². The third-order valence-corrected chi connectivity index (χ3v) is 10.4. The molecule has 3 unspecified atom stereocenters. The van der Waals surface area contributed by atoms with E-state index in [1.54, 1.807) is 60.0 Å². The highest BCUT2D eigenvalue weighted by molar-refractivity contribution is 7.98. The number of aliphatic hydroxyl groups is 2. The lowest BCUT2D eigenvalue weighted by Crippen LogP contribution is -2.48. The number of esters is 2. The highest BCUT2D eigenvalue weighted by atomic mass is 32.2. The molecule has 6 N–H and O–H groups in total. The minimum absolute atomic E-state index is 0.0518. The van der Waals surface area contributed by atoms with E-state index in [-0.39, 0.29) is 31.0 Å². The van der Waals surface area contributed by atoms with Crippen LogP contribution in [-0.4, -0.2) is 104 Å². The zero-order valence-electron chi connectivity index (χ0n) is 27.8. The fraction of sp³-hybridized carbons (Fsp3) is 0.750. The number of hydrogen-bond donors (Lipinski definition) is 5. The summed E-state index contributed by atoms with van der Waals surface area (Å²) in [5.41, 5.74) is 5.47. The second kappa shape index (κ2) is 15.7. The first-order valence-corrected chi connectivity index (χ1v) is 18.1. The number of aliphatic hydroxyl groups excluding tert-OH is 2. The number of imidazole rings is 1. The largest absolute Gasteiger partial charge is 0.465 e. The summed E-state index contributed by atoms with van der Waals surface area (Å²) in [4.78, 5) is 38.6. The topological polar surface area (TPSA) is 222 Å². The van der Waals surface area contributed by atoms with Crippen molar-refractivity contribution < 1.29 is 43.1 Å². The average Bonchev–Trinajstić information content (AvgIpc) is 3.51. The highest BCUT2D eigenvalue weighted by Crippen LogP contribution is 2.45. The zero-order chi connectivity index (χ0) is 34.6. The van der Waals surface area contributed by atoms with Crippen molar-refractivity contribution in [3.05, 3.63) is 6.33 Å². The standard InChI is InChI=1S/C28H48N7O9PS/c1-10-41-25(38)18(14(3)4)33-45(40,34-19(15(5)6)26(39)42-11-2)43-12-17-21(36)22(37)28(8,44-17)16(7)35-13-30-20-23(35)31-27(29)32-24(20)46-9/h13-19,21-22,36-37H,10-12H2,1-9H3,(H2,29,31,32)(H2,33,34,40)/t16-,17+,18-,19-,21?,22?,28?/m0/s1. The molecule has 2 aromatic heterocycles. The van der Waals surface area contributed by atoms with Crippen molar-refractivity contribution in [2.45, 2.75) is 102 Å². The molecule has 16 nitrogen and oxygen atoms in total. The average molecular weight is 690 g/mol. The predicted molar refractivity (Wildman–Crippen MR) is 172 cm³/mol. The van der Waals surface area contributed by atoms with Crippen molar-refractivity contribution in [1.29, 1.82) is 0 Å². The number of thioether (sulfide) groups is 1. The second-order valence-corrected chi connectivity index (χ2v) is 14.6. The van der Waals surface area contributed by atoms with Crippen LogP contribution in [0.3, 0.4) is 0 Å². The van der Waals surface area contributed by atoms with Gasteiger partial charge < -0.3 is 39.2 Å². The van der Waals surface area contributed by atoms with Crippen LogP contribution in [0.15, 0.2) is 11.4 Å². The van der Waals surface area contributed by atoms with Gasteiger partial charge in [0.05, 0.1) is 32.2 Å². The molecule has 0 amide bonds. The zero-order valence-corrected chi connectivity index (χ0v) is 29.5. The molecular weight excluding hydrogens is 641 g/mol. The van der Waals surface area contributed by atoms with E-state index in [1.165, 1.54) is 18.1 Å². The van der Waals surface area contributed by atoms with Crippen molar-refractivity contribution in [3.8, 4) is 0 Å². The van der Waals surface area contributed by atoms with Gasteiger partial charge in [0.15, 0.2) is 5.65 Å². The van der Waals surface area contributed by atoms with Crippen LogP contribution >= 0.6 is 19.4 Å². The number of nitrogen functional groups attached to an aromatic ring is 1. The Morgan fingerprint density at radius 3 is 2.11 bits per heavy atom. The first kappa shape index (κ1) is 38.1. The number of aromatic nitrogens is 4. The summed E-state index contributed by atoms with van der Waals surface area (Å²) in [5, 5.41) is 28.5. The number of carbonyl (C=O) groups excluding carboxylic acids is 2. The Labute approximate surface area is 273 Å². The summed E-state index contributed by atoms with van der Waals surface area (Å²) >= 11 is 1.36. The van der Waals surface area contributed by atoms with Gasteiger partial charge in [0.1, 0.15) is 46.5 Å². The number of hydrogen-bond acceptors (Lipinski definition) is 14. The van der Waals surface area contributed by atoms with E-state index in [9.17, 15) is 24.4 Å². The van der Waals surface area contributed by atoms with Gasteiger partial charge >= 0.3 is 19.6 Å². The maximum atomic E-state index is 14.4. The SMILES string of the molecule is CCOC(=O)[C@@H](NP(=O)(N[C@H](C(=O)OCC)C(C)C)OC[C@H]1OC(C)([C@H](C)n2cnc3c(SC)nc(N)nc32)C(O)C1O)C(C)C. The number of nitrogens with one attached hydrogen (secondary N) is 2. The molecule has 3 rings (SSSR count). The Bertz CT molecular complexity index is 1380. The maximum Gasteiger partial charge on any atom is 0.342 e. The van der Waals surface area contributed by atoms with Crippen LogP contribution in [0.4, 0.5) is 5.95 Å². The van der Waals surface area contributed by atoms with Gasteiger partial charge in [-0.3, -0.25) is 14.2 Å². The van der Waals surface area contributed by atoms with Gasteiger partial charge in [0.2, 0.25) is 5.95 Å². The Hall–Kier alpha value is -2.37. The molecule has 0 saturated carbocycles. The first-order chi connectivity index (χ1) is 21.5. The summed E-state index contributed by atoms with van der Waals surface area (Å²) in [6.07, 6.45) is -0.681. The van der Waals surface area contributed by atoms with E-state index in [4.69, 9.17) is 24.5 Å². The van der Waals surface area contributed by atoms with Crippen LogP contribution in [-0.2, 0) is 32.9 Å². The maximum absolute atomic E-state index is 14.4. The Morgan fingerprint density at radius 1 is 1.09 bits per heavy atom. The summed E-state index contributed by atoms with van der Waals surface area (Å²) in [5.74, 6) is -2.03. The van der Waals surface area contributed by atoms with Crippen molar-refractivity contribution in [3.63, 3.8) is 0 Å². The molecule has 1 fully saturated rings. The van der Waals surface area contributed by atoms with Crippen molar-refractivity contribution in [2.24, 2.45) is 11.8 Å². The van der Waals surface area contributed by atoms with Gasteiger partial charge in [0, 0.05) is 0 Å². The van der Waals surface area contributed by atoms with Crippen LogP contribution in [0, 0.1) is 11.8 Å². The number of carbonyl (C=O) groups is 2. The number of nitrogens with two attached hydrogens (primary N) is 1. The monoisotopic (exact) mass is 689 g/mol. The lowest BCUT2D eigenvalue weighted by Gasteiger charge is -2.35. The third-order valence-electron chi connectivity index (χ3n) is 8.00. The number of fused-ring (bicyclic) bond motifs is 1. The van der Waals surface area contributed by atoms with Crippen molar-refractivity contribution in [2.75, 3.05) is 31.8 Å². The molecule has 7 atom stereocenters. The Balaban J connectivity index is 1.91. The highest BCUT2D eigenvalue weighted by Gasteiger charge is 2.55. The van der Waals surface area contributed by atoms with E-state index in [1.807, 2.05) is 6.26 Å². The predicted octanol–water partition coefficient (Wildman–Crippen LogP) is 2.05. The van der Waals surface area contributed by atoms with E-state index < -0.39 is 68.3 Å². The fourth-order valence-corrected chi connectivity index (χ4v) is 7.81. The normalized spacial score (nSPS) is 24.0. The lowest BCUT2D eigenvalue weighted by atomic mass is 9.89. The van der Waals surface area contributed by atoms with Gasteiger partial charge in [-0.2, -0.15) is 4.98 Å². The molecular formula is C28H48N7O9PS. The van der Waals surface area contributed by atoms with Gasteiger partial charge in [-0.1, -0.05) is 27.7 Å². The number of ether oxygens (including phenoxy) is 3. The van der Waals surface area contributed by atoms with E-state index in [2.05, 4.69) is 25.1 Å². The molecule has 2 aromatic rings. The van der Waals surface area contributed by atoms with E-state index in [0.29, 0.717) is 16.2 Å². The van der Waals surface area contributed by atoms with Gasteiger partial charge in [-0.25, -0.2) is 20.1 Å². The minimum atomic E-state index is -4.28. The van der Waals surface area contributed by atoms with Crippen LogP contribution in [0.1, 0.15) is 61.4 Å². The molecule has 0 radical (unpaired) electrons. The molecule has 0 spiro atoms. The minimum Gasteiger partial charge on any atom is -0.465 e. The molecule has 1 aliphatic heterocycles. The number of nitrogens with zero attached hydrogens (tertiary/aromatic N) is 4. The first-order valence-electron chi connectivity index (χ1n) is 15.2. The third kappa shape index (κ3) is 8.19. The molecule has 18 heteroatoms. The van der Waals surface area contributed by atoms with Gasteiger partial charge in [0.25, 0.3) is 0 Å². The Kier molecular flexibility index (Phi) is 13.0. The number of rotatable bonds is 16.